The number of benzene rings is 1. The fourth-order valence-corrected chi connectivity index (χ4v) is 2.23. The van der Waals surface area contributed by atoms with Gasteiger partial charge in [-0.05, 0) is 31.9 Å². The Morgan fingerprint density at radius 1 is 1.40 bits per heavy atom. The highest BCUT2D eigenvalue weighted by Crippen LogP contribution is 2.26. The number of hydrogen-bond donors (Lipinski definition) is 2. The molecule has 82 valence electrons. The molecule has 2 heteroatoms. The van der Waals surface area contributed by atoms with E-state index < -0.39 is 5.60 Å². The highest BCUT2D eigenvalue weighted by molar-refractivity contribution is 5.16. The molecule has 15 heavy (non-hydrogen) atoms. The first kappa shape index (κ1) is 10.7. The van der Waals surface area contributed by atoms with Gasteiger partial charge in [-0.2, -0.15) is 0 Å². The van der Waals surface area contributed by atoms with E-state index >= 15 is 0 Å². The minimum atomic E-state index is -0.513. The van der Waals surface area contributed by atoms with Gasteiger partial charge in [0.05, 0.1) is 5.60 Å². The van der Waals surface area contributed by atoms with Gasteiger partial charge in [0.25, 0.3) is 0 Å². The molecule has 0 saturated carbocycles. The van der Waals surface area contributed by atoms with Crippen LogP contribution in [-0.2, 0) is 6.42 Å². The normalized spacial score (nSPS) is 31.5. The van der Waals surface area contributed by atoms with Crippen LogP contribution in [0.1, 0.15) is 18.9 Å². The molecule has 2 rings (SSSR count). The summed E-state index contributed by atoms with van der Waals surface area (Å²) in [6.07, 6.45) is 1.81. The van der Waals surface area contributed by atoms with Gasteiger partial charge in [0.2, 0.25) is 0 Å². The first-order valence-electron chi connectivity index (χ1n) is 5.65. The fraction of sp³-hybridized carbons (Fsp3) is 0.538. The summed E-state index contributed by atoms with van der Waals surface area (Å²) in [5.74, 6) is 0.327. The minimum absolute atomic E-state index is 0.327. The van der Waals surface area contributed by atoms with Crippen molar-refractivity contribution in [2.75, 3.05) is 13.1 Å². The Balaban J connectivity index is 2.05. The van der Waals surface area contributed by atoms with E-state index in [2.05, 4.69) is 29.6 Å². The van der Waals surface area contributed by atoms with Crippen LogP contribution < -0.4 is 5.32 Å². The average Bonchev–Trinajstić information content (AvgIpc) is 2.23. The molecule has 1 heterocycles. The van der Waals surface area contributed by atoms with Crippen molar-refractivity contribution < 1.29 is 5.11 Å². The van der Waals surface area contributed by atoms with Crippen LogP contribution in [0, 0.1) is 5.92 Å². The van der Waals surface area contributed by atoms with Crippen molar-refractivity contribution in [2.45, 2.75) is 25.4 Å². The fourth-order valence-electron chi connectivity index (χ4n) is 2.23. The topological polar surface area (TPSA) is 32.3 Å². The predicted octanol–water partition coefficient (Wildman–Crippen LogP) is 1.59. The Morgan fingerprint density at radius 2 is 2.13 bits per heavy atom. The van der Waals surface area contributed by atoms with Gasteiger partial charge < -0.3 is 10.4 Å². The van der Waals surface area contributed by atoms with Crippen LogP contribution in [0.2, 0.25) is 0 Å². The van der Waals surface area contributed by atoms with Crippen LogP contribution in [-0.4, -0.2) is 23.8 Å². The summed E-state index contributed by atoms with van der Waals surface area (Å²) in [7, 11) is 0. The van der Waals surface area contributed by atoms with Crippen molar-refractivity contribution in [2.24, 2.45) is 5.92 Å². The zero-order valence-corrected chi connectivity index (χ0v) is 9.24. The van der Waals surface area contributed by atoms with E-state index in [-0.39, 0.29) is 0 Å². The minimum Gasteiger partial charge on any atom is -0.390 e. The number of aliphatic hydroxyl groups is 1. The van der Waals surface area contributed by atoms with Crippen LogP contribution in [0.15, 0.2) is 30.3 Å². The Bertz CT molecular complexity index is 308. The zero-order chi connectivity index (χ0) is 10.7. The standard InChI is InChI=1S/C13H19NO/c1-13(15)7-8-14-10-12(13)9-11-5-3-2-4-6-11/h2-6,12,14-15H,7-10H2,1H3. The molecule has 2 nitrogen and oxygen atoms in total. The molecular weight excluding hydrogens is 186 g/mol. The first-order valence-corrected chi connectivity index (χ1v) is 5.65. The lowest BCUT2D eigenvalue weighted by Crippen LogP contribution is -2.49. The molecule has 0 spiro atoms. The summed E-state index contributed by atoms with van der Waals surface area (Å²) in [6, 6.07) is 10.4. The third-order valence-corrected chi connectivity index (χ3v) is 3.40. The van der Waals surface area contributed by atoms with Crippen molar-refractivity contribution in [1.82, 2.24) is 5.32 Å². The van der Waals surface area contributed by atoms with Crippen LogP contribution in [0.25, 0.3) is 0 Å². The lowest BCUT2D eigenvalue weighted by molar-refractivity contribution is -0.0234. The molecule has 2 atom stereocenters. The molecule has 1 aliphatic heterocycles. The third-order valence-electron chi connectivity index (χ3n) is 3.40. The van der Waals surface area contributed by atoms with E-state index in [0.29, 0.717) is 5.92 Å². The van der Waals surface area contributed by atoms with E-state index in [0.717, 1.165) is 25.9 Å². The lowest BCUT2D eigenvalue weighted by Gasteiger charge is -2.37. The van der Waals surface area contributed by atoms with E-state index in [4.69, 9.17) is 0 Å². The summed E-state index contributed by atoms with van der Waals surface area (Å²) >= 11 is 0. The first-order chi connectivity index (χ1) is 7.18. The van der Waals surface area contributed by atoms with E-state index in [9.17, 15) is 5.11 Å². The van der Waals surface area contributed by atoms with Crippen molar-refractivity contribution >= 4 is 0 Å². The van der Waals surface area contributed by atoms with Crippen molar-refractivity contribution in [3.8, 4) is 0 Å². The second kappa shape index (κ2) is 4.33. The molecule has 1 saturated heterocycles. The van der Waals surface area contributed by atoms with Gasteiger partial charge in [0.1, 0.15) is 0 Å². The van der Waals surface area contributed by atoms with Crippen LogP contribution >= 0.6 is 0 Å². The van der Waals surface area contributed by atoms with Gasteiger partial charge in [0, 0.05) is 12.5 Å². The largest absolute Gasteiger partial charge is 0.390 e. The predicted molar refractivity (Wildman–Crippen MR) is 61.7 cm³/mol. The van der Waals surface area contributed by atoms with E-state index in [1.54, 1.807) is 0 Å². The van der Waals surface area contributed by atoms with E-state index in [1.165, 1.54) is 5.56 Å². The third kappa shape index (κ3) is 2.58. The summed E-state index contributed by atoms with van der Waals surface area (Å²) in [5.41, 5.74) is 0.799. The number of hydrogen-bond acceptors (Lipinski definition) is 2. The summed E-state index contributed by atoms with van der Waals surface area (Å²) in [5, 5.41) is 13.6. The highest BCUT2D eigenvalue weighted by Gasteiger charge is 2.33. The maximum Gasteiger partial charge on any atom is 0.0675 e. The van der Waals surface area contributed by atoms with Crippen LogP contribution in [0.4, 0.5) is 0 Å². The Morgan fingerprint density at radius 3 is 2.80 bits per heavy atom. The number of piperidine rings is 1. The molecule has 0 radical (unpaired) electrons. The molecule has 0 bridgehead atoms. The van der Waals surface area contributed by atoms with Gasteiger partial charge in [-0.3, -0.25) is 0 Å². The molecule has 1 fully saturated rings. The maximum absolute atomic E-state index is 10.3. The molecule has 1 aromatic carbocycles. The quantitative estimate of drug-likeness (QED) is 0.768. The summed E-state index contributed by atoms with van der Waals surface area (Å²) in [6.45, 7) is 3.81. The molecule has 1 aliphatic rings. The molecule has 2 unspecified atom stereocenters. The average molecular weight is 205 g/mol. The van der Waals surface area contributed by atoms with Gasteiger partial charge >= 0.3 is 0 Å². The Labute approximate surface area is 91.3 Å². The Hall–Kier alpha value is -0.860. The van der Waals surface area contributed by atoms with Crippen molar-refractivity contribution in [3.63, 3.8) is 0 Å². The van der Waals surface area contributed by atoms with Gasteiger partial charge in [0.15, 0.2) is 0 Å². The summed E-state index contributed by atoms with van der Waals surface area (Å²) < 4.78 is 0. The van der Waals surface area contributed by atoms with Gasteiger partial charge in [-0.15, -0.1) is 0 Å². The molecular formula is C13H19NO. The number of nitrogens with one attached hydrogen (secondary N) is 1. The molecule has 2 N–H and O–H groups in total. The molecule has 1 aromatic rings. The second-order valence-electron chi connectivity index (χ2n) is 4.70. The van der Waals surface area contributed by atoms with Crippen molar-refractivity contribution in [3.05, 3.63) is 35.9 Å². The summed E-state index contributed by atoms with van der Waals surface area (Å²) in [4.78, 5) is 0. The lowest BCUT2D eigenvalue weighted by atomic mass is 9.79. The highest BCUT2D eigenvalue weighted by atomic mass is 16.3. The van der Waals surface area contributed by atoms with Crippen LogP contribution in [0.3, 0.4) is 0 Å². The molecule has 0 amide bonds. The molecule has 0 aromatic heterocycles. The Kier molecular flexibility index (Phi) is 3.08. The van der Waals surface area contributed by atoms with Gasteiger partial charge in [-0.25, -0.2) is 0 Å². The number of rotatable bonds is 2. The smallest absolute Gasteiger partial charge is 0.0675 e. The van der Waals surface area contributed by atoms with Crippen molar-refractivity contribution in [1.29, 1.82) is 0 Å². The van der Waals surface area contributed by atoms with Gasteiger partial charge in [-0.1, -0.05) is 30.3 Å². The zero-order valence-electron chi connectivity index (χ0n) is 9.24. The SMILES string of the molecule is CC1(O)CCNCC1Cc1ccccc1. The van der Waals surface area contributed by atoms with Crippen LogP contribution in [0.5, 0.6) is 0 Å². The maximum atomic E-state index is 10.3. The monoisotopic (exact) mass is 205 g/mol. The van der Waals surface area contributed by atoms with E-state index in [1.807, 2.05) is 13.0 Å². The second-order valence-corrected chi connectivity index (χ2v) is 4.70. The molecule has 0 aliphatic carbocycles.